The topological polar surface area (TPSA) is 46.3 Å². The van der Waals surface area contributed by atoms with Crippen LogP contribution in [0.15, 0.2) is 39.7 Å². The molecule has 1 aromatic carbocycles. The van der Waals surface area contributed by atoms with Gasteiger partial charge in [0.1, 0.15) is 5.82 Å². The van der Waals surface area contributed by atoms with Gasteiger partial charge < -0.3 is 9.32 Å². The van der Waals surface area contributed by atoms with E-state index in [0.717, 1.165) is 15.6 Å². The first-order chi connectivity index (χ1) is 11.0. The molecular weight excluding hydrogens is 363 g/mol. The molecule has 2 aromatic rings. The van der Waals surface area contributed by atoms with Crippen LogP contribution in [-0.4, -0.2) is 22.3 Å². The van der Waals surface area contributed by atoms with Gasteiger partial charge in [-0.2, -0.15) is 0 Å². The third-order valence-electron chi connectivity index (χ3n) is 3.95. The minimum Gasteiger partial charge on any atom is -0.444 e. The number of hydrogen-bond donors (Lipinski definition) is 0. The molecule has 0 radical (unpaired) electrons. The fraction of sp³-hybridized carbons (Fsp3) is 0.294. The fourth-order valence-electron chi connectivity index (χ4n) is 2.58. The molecule has 0 unspecified atom stereocenters. The van der Waals surface area contributed by atoms with Gasteiger partial charge in [-0.05, 0) is 30.5 Å². The van der Waals surface area contributed by atoms with E-state index in [-0.39, 0.29) is 18.1 Å². The number of aryl methyl sites for hydroxylation is 1. The van der Waals surface area contributed by atoms with Gasteiger partial charge in [-0.1, -0.05) is 28.1 Å². The Kier molecular flexibility index (Phi) is 4.61. The predicted octanol–water partition coefficient (Wildman–Crippen LogP) is 4.05. The lowest BCUT2D eigenvalue weighted by Gasteiger charge is -2.21. The van der Waals surface area contributed by atoms with Crippen LogP contribution in [0.4, 0.5) is 4.39 Å². The van der Waals surface area contributed by atoms with Crippen LogP contribution < -0.4 is 0 Å². The first kappa shape index (κ1) is 15.9. The highest BCUT2D eigenvalue weighted by molar-refractivity contribution is 9.11. The Morgan fingerprint density at radius 3 is 2.96 bits per heavy atom. The molecule has 0 fully saturated rings. The fourth-order valence-corrected chi connectivity index (χ4v) is 3.09. The van der Waals surface area contributed by atoms with Crippen LogP contribution in [0.5, 0.6) is 0 Å². The second kappa shape index (κ2) is 6.66. The van der Waals surface area contributed by atoms with Gasteiger partial charge in [0.2, 0.25) is 5.91 Å². The van der Waals surface area contributed by atoms with E-state index in [4.69, 9.17) is 4.42 Å². The molecule has 1 aliphatic heterocycles. The number of benzene rings is 1. The van der Waals surface area contributed by atoms with Gasteiger partial charge >= 0.3 is 0 Å². The Labute approximate surface area is 142 Å². The SMILES string of the molecule is Cc1ccc(CN2CCC(Br)=C(c3cnco3)CC2=O)cc1F. The van der Waals surface area contributed by atoms with E-state index in [1.165, 1.54) is 12.5 Å². The molecule has 2 heterocycles. The maximum absolute atomic E-state index is 13.7. The van der Waals surface area contributed by atoms with E-state index in [1.807, 2.05) is 6.07 Å². The van der Waals surface area contributed by atoms with Crippen molar-refractivity contribution in [2.45, 2.75) is 26.3 Å². The van der Waals surface area contributed by atoms with Crippen molar-refractivity contribution in [3.8, 4) is 0 Å². The standard InChI is InChI=1S/C17H16BrFN2O2/c1-11-2-3-12(6-15(11)19)9-21-5-4-14(18)13(7-17(21)22)16-8-20-10-23-16/h2-3,6,8,10H,4-5,7,9H2,1H3. The van der Waals surface area contributed by atoms with Crippen LogP contribution in [0, 0.1) is 12.7 Å². The number of halogens is 2. The molecule has 0 atom stereocenters. The smallest absolute Gasteiger partial charge is 0.227 e. The van der Waals surface area contributed by atoms with Crippen molar-refractivity contribution in [2.24, 2.45) is 0 Å². The first-order valence-corrected chi connectivity index (χ1v) is 8.13. The lowest BCUT2D eigenvalue weighted by atomic mass is 10.1. The van der Waals surface area contributed by atoms with Gasteiger partial charge in [0, 0.05) is 23.1 Å². The van der Waals surface area contributed by atoms with Crippen molar-refractivity contribution in [2.75, 3.05) is 6.54 Å². The lowest BCUT2D eigenvalue weighted by Crippen LogP contribution is -2.30. The van der Waals surface area contributed by atoms with E-state index in [9.17, 15) is 9.18 Å². The second-order valence-corrected chi connectivity index (χ2v) is 6.53. The summed E-state index contributed by atoms with van der Waals surface area (Å²) in [5.41, 5.74) is 2.22. The van der Waals surface area contributed by atoms with Crippen LogP contribution in [-0.2, 0) is 11.3 Å². The maximum atomic E-state index is 13.7. The predicted molar refractivity (Wildman–Crippen MR) is 88.1 cm³/mol. The van der Waals surface area contributed by atoms with Crippen molar-refractivity contribution >= 4 is 27.4 Å². The number of aromatic nitrogens is 1. The number of amides is 1. The third-order valence-corrected chi connectivity index (χ3v) is 4.82. The summed E-state index contributed by atoms with van der Waals surface area (Å²) in [6, 6.07) is 5.09. The quantitative estimate of drug-likeness (QED) is 0.809. The minimum absolute atomic E-state index is 0.00756. The molecule has 0 saturated heterocycles. The molecule has 4 nitrogen and oxygen atoms in total. The Bertz CT molecular complexity index is 756. The van der Waals surface area contributed by atoms with Crippen molar-refractivity contribution in [1.82, 2.24) is 9.88 Å². The number of nitrogens with zero attached hydrogens (tertiary/aromatic N) is 2. The average molecular weight is 379 g/mol. The zero-order valence-corrected chi connectivity index (χ0v) is 14.3. The summed E-state index contributed by atoms with van der Waals surface area (Å²) < 4.78 is 19.9. The van der Waals surface area contributed by atoms with E-state index in [1.54, 1.807) is 24.1 Å². The minimum atomic E-state index is -0.244. The molecule has 1 aromatic heterocycles. The normalized spacial score (nSPS) is 16.0. The molecule has 120 valence electrons. The lowest BCUT2D eigenvalue weighted by molar-refractivity contribution is -0.130. The van der Waals surface area contributed by atoms with E-state index < -0.39 is 0 Å². The molecule has 0 spiro atoms. The third kappa shape index (κ3) is 3.52. The summed E-state index contributed by atoms with van der Waals surface area (Å²) in [5, 5.41) is 0. The monoisotopic (exact) mass is 378 g/mol. The Hall–Kier alpha value is -1.95. The van der Waals surface area contributed by atoms with E-state index in [0.29, 0.717) is 30.8 Å². The van der Waals surface area contributed by atoms with Gasteiger partial charge in [0.25, 0.3) is 0 Å². The molecule has 23 heavy (non-hydrogen) atoms. The molecule has 0 aliphatic carbocycles. The summed E-state index contributed by atoms with van der Waals surface area (Å²) in [4.78, 5) is 18.2. The molecule has 3 rings (SSSR count). The molecule has 0 N–H and O–H groups in total. The van der Waals surface area contributed by atoms with Crippen molar-refractivity contribution in [3.63, 3.8) is 0 Å². The molecular formula is C17H16BrFN2O2. The summed E-state index contributed by atoms with van der Waals surface area (Å²) in [6.45, 7) is 2.70. The van der Waals surface area contributed by atoms with Gasteiger partial charge in [0.05, 0.1) is 12.6 Å². The zero-order valence-electron chi connectivity index (χ0n) is 12.7. The molecule has 6 heteroatoms. The molecule has 0 bridgehead atoms. The summed E-state index contributed by atoms with van der Waals surface area (Å²) in [6.07, 6.45) is 3.89. The number of carbonyl (C=O) groups excluding carboxylic acids is 1. The Morgan fingerprint density at radius 1 is 1.43 bits per heavy atom. The highest BCUT2D eigenvalue weighted by Gasteiger charge is 2.24. The van der Waals surface area contributed by atoms with Gasteiger partial charge in [-0.3, -0.25) is 4.79 Å². The van der Waals surface area contributed by atoms with Crippen molar-refractivity contribution < 1.29 is 13.6 Å². The van der Waals surface area contributed by atoms with Crippen molar-refractivity contribution in [3.05, 3.63) is 58.0 Å². The van der Waals surface area contributed by atoms with Crippen LogP contribution in [0.2, 0.25) is 0 Å². The Balaban J connectivity index is 1.77. The van der Waals surface area contributed by atoms with Crippen LogP contribution in [0.25, 0.3) is 5.57 Å². The summed E-state index contributed by atoms with van der Waals surface area (Å²) in [5.74, 6) is 0.353. The average Bonchev–Trinajstić information content (AvgIpc) is 3.01. The number of carbonyl (C=O) groups is 1. The zero-order chi connectivity index (χ0) is 16.4. The highest BCUT2D eigenvalue weighted by atomic mass is 79.9. The Morgan fingerprint density at radius 2 is 2.26 bits per heavy atom. The summed E-state index contributed by atoms with van der Waals surface area (Å²) >= 11 is 3.54. The van der Waals surface area contributed by atoms with E-state index in [2.05, 4.69) is 20.9 Å². The largest absolute Gasteiger partial charge is 0.444 e. The summed E-state index contributed by atoms with van der Waals surface area (Å²) in [7, 11) is 0. The number of rotatable bonds is 3. The van der Waals surface area contributed by atoms with Crippen LogP contribution >= 0.6 is 15.9 Å². The first-order valence-electron chi connectivity index (χ1n) is 7.34. The number of hydrogen-bond acceptors (Lipinski definition) is 3. The molecule has 1 aliphatic rings. The molecule has 1 amide bonds. The van der Waals surface area contributed by atoms with Crippen LogP contribution in [0.1, 0.15) is 29.7 Å². The molecule has 0 saturated carbocycles. The maximum Gasteiger partial charge on any atom is 0.227 e. The van der Waals surface area contributed by atoms with Gasteiger partial charge in [-0.25, -0.2) is 9.37 Å². The van der Waals surface area contributed by atoms with Crippen molar-refractivity contribution in [1.29, 1.82) is 0 Å². The van der Waals surface area contributed by atoms with Gasteiger partial charge in [-0.15, -0.1) is 0 Å². The van der Waals surface area contributed by atoms with Gasteiger partial charge in [0.15, 0.2) is 12.2 Å². The second-order valence-electron chi connectivity index (χ2n) is 5.57. The van der Waals surface area contributed by atoms with E-state index >= 15 is 0 Å². The number of oxazole rings is 1. The van der Waals surface area contributed by atoms with Crippen LogP contribution in [0.3, 0.4) is 0 Å². The highest BCUT2D eigenvalue weighted by Crippen LogP contribution is 2.32.